The molecular formula is C8H18N2O2. The van der Waals surface area contributed by atoms with E-state index in [2.05, 4.69) is 5.32 Å². The molecule has 0 unspecified atom stereocenters. The number of nitrogens with one attached hydrogen (secondary N) is 1. The normalized spacial score (nSPS) is 15.3. The van der Waals surface area contributed by atoms with Gasteiger partial charge in [0.25, 0.3) is 0 Å². The van der Waals surface area contributed by atoms with Crippen molar-refractivity contribution in [2.24, 2.45) is 5.73 Å². The van der Waals surface area contributed by atoms with Crippen LogP contribution < -0.4 is 11.1 Å². The van der Waals surface area contributed by atoms with E-state index in [0.717, 1.165) is 6.42 Å². The molecule has 0 rings (SSSR count). The Hall–Kier alpha value is -0.610. The number of hydrogen-bond acceptors (Lipinski definition) is 3. The molecule has 0 bridgehead atoms. The molecule has 0 saturated heterocycles. The predicted octanol–water partition coefficient (Wildman–Crippen LogP) is -0.389. The van der Waals surface area contributed by atoms with Crippen molar-refractivity contribution in [1.82, 2.24) is 5.32 Å². The summed E-state index contributed by atoms with van der Waals surface area (Å²) in [5.74, 6) is -0.182. The summed E-state index contributed by atoms with van der Waals surface area (Å²) in [5.41, 5.74) is 5.54. The second-order valence-electron chi connectivity index (χ2n) is 2.99. The fourth-order valence-corrected chi connectivity index (χ4v) is 0.838. The molecule has 0 aromatic rings. The monoisotopic (exact) mass is 174 g/mol. The molecule has 2 atom stereocenters. The van der Waals surface area contributed by atoms with Gasteiger partial charge in [-0.15, -0.1) is 0 Å². The first-order chi connectivity index (χ1) is 5.61. The lowest BCUT2D eigenvalue weighted by molar-refractivity contribution is -0.123. The molecule has 0 aliphatic heterocycles. The molecule has 72 valence electrons. The van der Waals surface area contributed by atoms with Crippen molar-refractivity contribution in [3.8, 4) is 0 Å². The van der Waals surface area contributed by atoms with Crippen LogP contribution in [0.3, 0.4) is 0 Å². The lowest BCUT2D eigenvalue weighted by Crippen LogP contribution is -2.45. The fraction of sp³-hybridized carbons (Fsp3) is 0.875. The molecule has 4 nitrogen and oxygen atoms in total. The second kappa shape index (κ2) is 5.97. The van der Waals surface area contributed by atoms with Crippen LogP contribution in [-0.4, -0.2) is 29.7 Å². The summed E-state index contributed by atoms with van der Waals surface area (Å²) in [7, 11) is 0. The van der Waals surface area contributed by atoms with Gasteiger partial charge in [0, 0.05) is 6.04 Å². The van der Waals surface area contributed by atoms with Gasteiger partial charge >= 0.3 is 0 Å². The van der Waals surface area contributed by atoms with E-state index in [1.165, 1.54) is 0 Å². The highest BCUT2D eigenvalue weighted by Gasteiger charge is 2.13. The molecular weight excluding hydrogens is 156 g/mol. The summed E-state index contributed by atoms with van der Waals surface area (Å²) in [5, 5.41) is 11.2. The Morgan fingerprint density at radius 3 is 2.67 bits per heavy atom. The van der Waals surface area contributed by atoms with Crippen molar-refractivity contribution in [2.45, 2.75) is 38.8 Å². The van der Waals surface area contributed by atoms with E-state index in [-0.39, 0.29) is 18.6 Å². The van der Waals surface area contributed by atoms with Crippen molar-refractivity contribution in [3.05, 3.63) is 0 Å². The van der Waals surface area contributed by atoms with Crippen molar-refractivity contribution in [2.75, 3.05) is 6.61 Å². The zero-order valence-corrected chi connectivity index (χ0v) is 7.71. The van der Waals surface area contributed by atoms with Crippen LogP contribution in [0.1, 0.15) is 26.7 Å². The predicted molar refractivity (Wildman–Crippen MR) is 47.6 cm³/mol. The summed E-state index contributed by atoms with van der Waals surface area (Å²) in [6, 6.07) is -0.649. The van der Waals surface area contributed by atoms with Crippen LogP contribution in [0.15, 0.2) is 0 Å². The van der Waals surface area contributed by atoms with Gasteiger partial charge in [0.15, 0.2) is 0 Å². The van der Waals surface area contributed by atoms with Crippen molar-refractivity contribution in [3.63, 3.8) is 0 Å². The SMILES string of the molecule is CCC[C@@H](N)C(=O)N[C@H](C)CO. The van der Waals surface area contributed by atoms with E-state index in [1.807, 2.05) is 6.92 Å². The van der Waals surface area contributed by atoms with Crippen molar-refractivity contribution < 1.29 is 9.90 Å². The summed E-state index contributed by atoms with van der Waals surface area (Å²) in [4.78, 5) is 11.2. The number of carbonyl (C=O) groups is 1. The van der Waals surface area contributed by atoms with Crippen LogP contribution >= 0.6 is 0 Å². The smallest absolute Gasteiger partial charge is 0.237 e. The van der Waals surface area contributed by atoms with Gasteiger partial charge in [0.1, 0.15) is 0 Å². The van der Waals surface area contributed by atoms with E-state index >= 15 is 0 Å². The maximum Gasteiger partial charge on any atom is 0.237 e. The van der Waals surface area contributed by atoms with E-state index in [0.29, 0.717) is 6.42 Å². The first kappa shape index (κ1) is 11.4. The molecule has 4 N–H and O–H groups in total. The maximum atomic E-state index is 11.2. The van der Waals surface area contributed by atoms with Gasteiger partial charge in [-0.1, -0.05) is 13.3 Å². The lowest BCUT2D eigenvalue weighted by Gasteiger charge is -2.14. The maximum absolute atomic E-state index is 11.2. The van der Waals surface area contributed by atoms with Gasteiger partial charge in [0.05, 0.1) is 12.6 Å². The minimum Gasteiger partial charge on any atom is -0.394 e. The van der Waals surface area contributed by atoms with E-state index in [1.54, 1.807) is 6.92 Å². The highest BCUT2D eigenvalue weighted by Crippen LogP contribution is 1.93. The molecule has 12 heavy (non-hydrogen) atoms. The highest BCUT2D eigenvalue weighted by atomic mass is 16.3. The van der Waals surface area contributed by atoms with Gasteiger partial charge in [-0.05, 0) is 13.3 Å². The Morgan fingerprint density at radius 1 is 1.67 bits per heavy atom. The summed E-state index contributed by atoms with van der Waals surface area (Å²) < 4.78 is 0. The number of aliphatic hydroxyl groups is 1. The van der Waals surface area contributed by atoms with E-state index < -0.39 is 6.04 Å². The van der Waals surface area contributed by atoms with Crippen LogP contribution in [0.2, 0.25) is 0 Å². The Bertz CT molecular complexity index is 139. The molecule has 0 radical (unpaired) electrons. The molecule has 0 aromatic heterocycles. The summed E-state index contributed by atoms with van der Waals surface area (Å²) in [6.07, 6.45) is 1.58. The highest BCUT2D eigenvalue weighted by molar-refractivity contribution is 5.81. The lowest BCUT2D eigenvalue weighted by atomic mass is 10.1. The number of aliphatic hydroxyl groups excluding tert-OH is 1. The van der Waals surface area contributed by atoms with Crippen LogP contribution in [0, 0.1) is 0 Å². The third-order valence-corrected chi connectivity index (χ3v) is 1.60. The minimum atomic E-state index is -0.441. The zero-order valence-electron chi connectivity index (χ0n) is 7.71. The second-order valence-corrected chi connectivity index (χ2v) is 2.99. The van der Waals surface area contributed by atoms with Crippen LogP contribution in [0.5, 0.6) is 0 Å². The molecule has 1 amide bonds. The standard InChI is InChI=1S/C8H18N2O2/c1-3-4-7(9)8(12)10-6(2)5-11/h6-7,11H,3-5,9H2,1-2H3,(H,10,12)/t6-,7-/m1/s1. The van der Waals surface area contributed by atoms with Gasteiger partial charge < -0.3 is 16.2 Å². The number of rotatable bonds is 5. The van der Waals surface area contributed by atoms with E-state index in [9.17, 15) is 4.79 Å². The minimum absolute atomic E-state index is 0.0510. The van der Waals surface area contributed by atoms with Gasteiger partial charge in [0.2, 0.25) is 5.91 Å². The Labute approximate surface area is 73.1 Å². The Kier molecular flexibility index (Phi) is 5.66. The fourth-order valence-electron chi connectivity index (χ4n) is 0.838. The number of nitrogens with two attached hydrogens (primary N) is 1. The molecule has 0 spiro atoms. The van der Waals surface area contributed by atoms with E-state index in [4.69, 9.17) is 10.8 Å². The first-order valence-corrected chi connectivity index (χ1v) is 4.28. The van der Waals surface area contributed by atoms with Crippen molar-refractivity contribution in [1.29, 1.82) is 0 Å². The molecule has 0 heterocycles. The molecule has 0 aliphatic carbocycles. The number of carbonyl (C=O) groups excluding carboxylic acids is 1. The Morgan fingerprint density at radius 2 is 2.25 bits per heavy atom. The van der Waals surface area contributed by atoms with Crippen LogP contribution in [-0.2, 0) is 4.79 Å². The van der Waals surface area contributed by atoms with Gasteiger partial charge in [-0.2, -0.15) is 0 Å². The zero-order chi connectivity index (χ0) is 9.56. The van der Waals surface area contributed by atoms with Crippen LogP contribution in [0.4, 0.5) is 0 Å². The summed E-state index contributed by atoms with van der Waals surface area (Å²) >= 11 is 0. The van der Waals surface area contributed by atoms with Gasteiger partial charge in [-0.25, -0.2) is 0 Å². The average molecular weight is 174 g/mol. The molecule has 0 fully saturated rings. The van der Waals surface area contributed by atoms with Gasteiger partial charge in [-0.3, -0.25) is 4.79 Å². The molecule has 0 aliphatic rings. The third-order valence-electron chi connectivity index (χ3n) is 1.60. The average Bonchev–Trinajstić information content (AvgIpc) is 2.04. The molecule has 0 aromatic carbocycles. The number of amides is 1. The topological polar surface area (TPSA) is 75.4 Å². The van der Waals surface area contributed by atoms with Crippen molar-refractivity contribution >= 4 is 5.91 Å². The first-order valence-electron chi connectivity index (χ1n) is 4.28. The number of hydrogen-bond donors (Lipinski definition) is 3. The molecule has 0 saturated carbocycles. The largest absolute Gasteiger partial charge is 0.394 e. The molecule has 4 heteroatoms. The Balaban J connectivity index is 3.70. The quantitative estimate of drug-likeness (QED) is 0.531. The third kappa shape index (κ3) is 4.31. The van der Waals surface area contributed by atoms with Crippen LogP contribution in [0.25, 0.3) is 0 Å². The summed E-state index contributed by atoms with van der Waals surface area (Å²) in [6.45, 7) is 3.66.